The minimum absolute atomic E-state index is 0.127. The van der Waals surface area contributed by atoms with E-state index in [9.17, 15) is 23.3 Å². The van der Waals surface area contributed by atoms with E-state index >= 15 is 0 Å². The lowest BCUT2D eigenvalue weighted by Crippen LogP contribution is -2.32. The molecular formula is C10H13N3O5S. The van der Waals surface area contributed by atoms with Crippen LogP contribution in [0, 0.1) is 10.1 Å². The molecule has 104 valence electrons. The lowest BCUT2D eigenvalue weighted by Gasteiger charge is -2.05. The number of hydrogen-bond acceptors (Lipinski definition) is 5. The van der Waals surface area contributed by atoms with E-state index in [4.69, 9.17) is 5.14 Å². The van der Waals surface area contributed by atoms with Crippen LogP contribution in [0.1, 0.15) is 5.56 Å². The Labute approximate surface area is 109 Å². The number of primary sulfonamides is 1. The molecule has 0 atom stereocenters. The van der Waals surface area contributed by atoms with Crippen molar-refractivity contribution in [1.82, 2.24) is 5.32 Å². The Morgan fingerprint density at radius 1 is 1.37 bits per heavy atom. The fourth-order valence-electron chi connectivity index (χ4n) is 1.41. The van der Waals surface area contributed by atoms with E-state index in [2.05, 4.69) is 5.32 Å². The van der Waals surface area contributed by atoms with Crippen LogP contribution in [0.5, 0.6) is 0 Å². The third-order valence-electron chi connectivity index (χ3n) is 2.25. The van der Waals surface area contributed by atoms with E-state index in [0.717, 1.165) is 0 Å². The molecule has 3 N–H and O–H groups in total. The van der Waals surface area contributed by atoms with Gasteiger partial charge in [0.25, 0.3) is 5.69 Å². The molecule has 1 aromatic rings. The maximum absolute atomic E-state index is 11.5. The zero-order valence-electron chi connectivity index (χ0n) is 9.90. The summed E-state index contributed by atoms with van der Waals surface area (Å²) in [4.78, 5) is 21.7. The lowest BCUT2D eigenvalue weighted by molar-refractivity contribution is -0.385. The summed E-state index contributed by atoms with van der Waals surface area (Å²) < 4.78 is 21.3. The van der Waals surface area contributed by atoms with Crippen molar-refractivity contribution in [1.29, 1.82) is 0 Å². The van der Waals surface area contributed by atoms with Gasteiger partial charge >= 0.3 is 0 Å². The van der Waals surface area contributed by atoms with Crippen LogP contribution < -0.4 is 10.5 Å². The van der Waals surface area contributed by atoms with Gasteiger partial charge in [0, 0.05) is 18.2 Å². The largest absolute Gasteiger partial charge is 0.355 e. The molecule has 0 aliphatic rings. The summed E-state index contributed by atoms with van der Waals surface area (Å²) >= 11 is 0. The van der Waals surface area contributed by atoms with Gasteiger partial charge < -0.3 is 5.32 Å². The Bertz CT molecular complexity index is 585. The number of carbonyl (C=O) groups is 1. The molecule has 0 aliphatic heterocycles. The summed E-state index contributed by atoms with van der Waals surface area (Å²) in [6.07, 6.45) is -0.193. The van der Waals surface area contributed by atoms with Crippen molar-refractivity contribution in [3.63, 3.8) is 0 Å². The molecule has 1 aromatic carbocycles. The second kappa shape index (κ2) is 6.25. The maximum atomic E-state index is 11.5. The molecular weight excluding hydrogens is 274 g/mol. The van der Waals surface area contributed by atoms with Crippen molar-refractivity contribution < 1.29 is 18.1 Å². The molecule has 0 heterocycles. The minimum atomic E-state index is -3.64. The number of nitro benzene ring substituents is 1. The Balaban J connectivity index is 2.60. The predicted octanol–water partition coefficient (Wildman–Crippen LogP) is -0.458. The summed E-state index contributed by atoms with van der Waals surface area (Å²) in [5.41, 5.74) is 0.115. The molecule has 1 rings (SSSR count). The zero-order valence-corrected chi connectivity index (χ0v) is 10.7. The molecule has 0 fully saturated rings. The third-order valence-corrected chi connectivity index (χ3v) is 3.02. The first-order chi connectivity index (χ1) is 8.79. The zero-order chi connectivity index (χ0) is 14.5. The van der Waals surface area contributed by atoms with E-state index in [1.54, 1.807) is 6.07 Å². The fourth-order valence-corrected chi connectivity index (χ4v) is 1.79. The van der Waals surface area contributed by atoms with E-state index in [-0.39, 0.29) is 30.0 Å². The van der Waals surface area contributed by atoms with Gasteiger partial charge in [0.15, 0.2) is 0 Å². The number of para-hydroxylation sites is 1. The van der Waals surface area contributed by atoms with Crippen LogP contribution in [-0.2, 0) is 21.2 Å². The molecule has 0 saturated heterocycles. The molecule has 9 heteroatoms. The fraction of sp³-hybridized carbons (Fsp3) is 0.300. The van der Waals surface area contributed by atoms with Crippen molar-refractivity contribution in [3.8, 4) is 0 Å². The van der Waals surface area contributed by atoms with Gasteiger partial charge in [-0.15, -0.1) is 0 Å². The summed E-state index contributed by atoms with van der Waals surface area (Å²) in [5.74, 6) is -0.881. The van der Waals surface area contributed by atoms with Gasteiger partial charge in [-0.05, 0) is 0 Å². The number of nitrogens with two attached hydrogens (primary N) is 1. The molecule has 19 heavy (non-hydrogen) atoms. The quantitative estimate of drug-likeness (QED) is 0.539. The number of carbonyl (C=O) groups excluding carboxylic acids is 1. The topological polar surface area (TPSA) is 132 Å². The van der Waals surface area contributed by atoms with E-state index < -0.39 is 20.9 Å². The second-order valence-corrected chi connectivity index (χ2v) is 5.51. The van der Waals surface area contributed by atoms with Crippen LogP contribution in [0.4, 0.5) is 5.69 Å². The number of nitrogens with one attached hydrogen (secondary N) is 1. The Morgan fingerprint density at radius 3 is 2.58 bits per heavy atom. The molecule has 0 radical (unpaired) electrons. The van der Waals surface area contributed by atoms with Gasteiger partial charge in [0.05, 0.1) is 17.1 Å². The Morgan fingerprint density at radius 2 is 2.00 bits per heavy atom. The lowest BCUT2D eigenvalue weighted by atomic mass is 10.1. The summed E-state index contributed by atoms with van der Waals surface area (Å²) in [7, 11) is -3.64. The maximum Gasteiger partial charge on any atom is 0.273 e. The smallest absolute Gasteiger partial charge is 0.273 e. The van der Waals surface area contributed by atoms with Crippen molar-refractivity contribution in [3.05, 3.63) is 39.9 Å². The molecule has 0 aliphatic carbocycles. The highest BCUT2D eigenvalue weighted by Crippen LogP contribution is 2.17. The van der Waals surface area contributed by atoms with Crippen LogP contribution in [0.3, 0.4) is 0 Å². The highest BCUT2D eigenvalue weighted by Gasteiger charge is 2.15. The normalized spacial score (nSPS) is 11.0. The van der Waals surface area contributed by atoms with Gasteiger partial charge in [0.2, 0.25) is 15.9 Å². The van der Waals surface area contributed by atoms with E-state index in [0.29, 0.717) is 0 Å². The number of nitrogens with zero attached hydrogens (tertiary/aromatic N) is 1. The van der Waals surface area contributed by atoms with Crippen LogP contribution in [0.15, 0.2) is 24.3 Å². The first kappa shape index (κ1) is 15.1. The molecule has 8 nitrogen and oxygen atoms in total. The molecule has 0 unspecified atom stereocenters. The number of benzene rings is 1. The van der Waals surface area contributed by atoms with Crippen LogP contribution in [-0.4, -0.2) is 31.5 Å². The first-order valence-corrected chi connectivity index (χ1v) is 7.00. The Hall–Kier alpha value is -2.00. The van der Waals surface area contributed by atoms with Crippen LogP contribution >= 0.6 is 0 Å². The van der Waals surface area contributed by atoms with Gasteiger partial charge in [-0.3, -0.25) is 14.9 Å². The third kappa shape index (κ3) is 5.44. The van der Waals surface area contributed by atoms with Crippen molar-refractivity contribution in [2.24, 2.45) is 5.14 Å². The predicted molar refractivity (Wildman–Crippen MR) is 67.8 cm³/mol. The van der Waals surface area contributed by atoms with Crippen molar-refractivity contribution in [2.45, 2.75) is 6.42 Å². The highest BCUT2D eigenvalue weighted by atomic mass is 32.2. The Kier molecular flexibility index (Phi) is 4.95. The van der Waals surface area contributed by atoms with Crippen LogP contribution in [0.2, 0.25) is 0 Å². The monoisotopic (exact) mass is 287 g/mol. The van der Waals surface area contributed by atoms with Gasteiger partial charge in [0.1, 0.15) is 0 Å². The molecule has 0 bridgehead atoms. The molecule has 0 spiro atoms. The van der Waals surface area contributed by atoms with Crippen LogP contribution in [0.25, 0.3) is 0 Å². The minimum Gasteiger partial charge on any atom is -0.355 e. The SMILES string of the molecule is NS(=O)(=O)CCNC(=O)Cc1ccccc1[N+](=O)[O-]. The van der Waals surface area contributed by atoms with E-state index in [1.807, 2.05) is 0 Å². The average molecular weight is 287 g/mol. The van der Waals surface area contributed by atoms with Crippen molar-refractivity contribution >= 4 is 21.6 Å². The number of sulfonamides is 1. The van der Waals surface area contributed by atoms with Gasteiger partial charge in [-0.25, -0.2) is 13.6 Å². The second-order valence-electron chi connectivity index (χ2n) is 3.78. The molecule has 1 amide bonds. The average Bonchev–Trinajstić information content (AvgIpc) is 2.27. The number of nitro groups is 1. The molecule has 0 aromatic heterocycles. The highest BCUT2D eigenvalue weighted by molar-refractivity contribution is 7.89. The van der Waals surface area contributed by atoms with E-state index in [1.165, 1.54) is 18.2 Å². The summed E-state index contributed by atoms with van der Waals surface area (Å²) in [6, 6.07) is 5.85. The molecule has 0 saturated carbocycles. The van der Waals surface area contributed by atoms with Gasteiger partial charge in [-0.1, -0.05) is 18.2 Å². The summed E-state index contributed by atoms with van der Waals surface area (Å²) in [6.45, 7) is -0.127. The van der Waals surface area contributed by atoms with Crippen molar-refractivity contribution in [2.75, 3.05) is 12.3 Å². The number of hydrogen-bond donors (Lipinski definition) is 2. The summed E-state index contributed by atoms with van der Waals surface area (Å²) in [5, 5.41) is 17.8. The number of amides is 1. The number of rotatable bonds is 6. The first-order valence-electron chi connectivity index (χ1n) is 5.29. The standard InChI is InChI=1S/C10H13N3O5S/c11-19(17,18)6-5-12-10(14)7-8-3-1-2-4-9(8)13(15)16/h1-4H,5-7H2,(H,12,14)(H2,11,17,18). The van der Waals surface area contributed by atoms with Gasteiger partial charge in [-0.2, -0.15) is 0 Å².